The molecule has 0 unspecified atom stereocenters. The van der Waals surface area contributed by atoms with Crippen molar-refractivity contribution in [1.29, 1.82) is 0 Å². The van der Waals surface area contributed by atoms with Crippen LogP contribution in [-0.4, -0.2) is 57.1 Å². The number of amides is 2. The molecular formula is C26H20Cl2N10O3. The molecule has 0 bridgehead atoms. The summed E-state index contributed by atoms with van der Waals surface area (Å²) in [6.45, 7) is 0. The van der Waals surface area contributed by atoms with Crippen LogP contribution in [0.5, 0.6) is 0 Å². The van der Waals surface area contributed by atoms with Crippen molar-refractivity contribution in [3.05, 3.63) is 88.3 Å². The molecule has 0 aliphatic heterocycles. The second-order valence-electron chi connectivity index (χ2n) is 8.67. The first-order valence-electron chi connectivity index (χ1n) is 11.9. The van der Waals surface area contributed by atoms with Gasteiger partial charge in [0.05, 0.1) is 23.0 Å². The molecule has 3 aromatic heterocycles. The summed E-state index contributed by atoms with van der Waals surface area (Å²) >= 11 is 12.7. The van der Waals surface area contributed by atoms with Gasteiger partial charge in [-0.25, -0.2) is 9.78 Å². The van der Waals surface area contributed by atoms with Crippen LogP contribution >= 0.6 is 23.2 Å². The molecule has 0 aliphatic rings. The third-order valence-corrected chi connectivity index (χ3v) is 6.28. The van der Waals surface area contributed by atoms with E-state index in [-0.39, 0.29) is 5.15 Å². The fourth-order valence-corrected chi connectivity index (χ4v) is 4.38. The minimum atomic E-state index is -1.17. The van der Waals surface area contributed by atoms with Crippen molar-refractivity contribution in [2.24, 2.45) is 7.05 Å². The predicted molar refractivity (Wildman–Crippen MR) is 150 cm³/mol. The summed E-state index contributed by atoms with van der Waals surface area (Å²) in [5.74, 6) is 5.25. The molecule has 1 atom stereocenters. The number of aryl methyl sites for hydroxylation is 1. The maximum Gasteiger partial charge on any atom is 0.409 e. The number of rotatable bonds is 7. The zero-order valence-electron chi connectivity index (χ0n) is 21.2. The van der Waals surface area contributed by atoms with Crippen molar-refractivity contribution in [3.63, 3.8) is 0 Å². The molecule has 15 heteroatoms. The van der Waals surface area contributed by atoms with E-state index in [1.807, 2.05) is 6.07 Å². The van der Waals surface area contributed by atoms with E-state index in [1.165, 1.54) is 11.0 Å². The summed E-state index contributed by atoms with van der Waals surface area (Å²) in [6.07, 6.45) is 2.33. The molecule has 13 nitrogen and oxygen atoms in total. The largest absolute Gasteiger partial charge is 0.465 e. The lowest BCUT2D eigenvalue weighted by Gasteiger charge is -2.14. The quantitative estimate of drug-likeness (QED) is 0.208. The van der Waals surface area contributed by atoms with E-state index < -0.39 is 18.0 Å². The summed E-state index contributed by atoms with van der Waals surface area (Å²) in [6, 6.07) is 12.7. The number of imidazole rings is 1. The van der Waals surface area contributed by atoms with E-state index in [4.69, 9.17) is 28.3 Å². The lowest BCUT2D eigenvalue weighted by Crippen LogP contribution is -2.30. The van der Waals surface area contributed by atoms with Crippen LogP contribution in [-0.2, 0) is 18.3 Å². The topological polar surface area (TPSA) is 169 Å². The summed E-state index contributed by atoms with van der Waals surface area (Å²) < 4.78 is 3.07. The molecule has 0 aliphatic carbocycles. The van der Waals surface area contributed by atoms with Gasteiger partial charge in [0, 0.05) is 41.9 Å². The zero-order valence-corrected chi connectivity index (χ0v) is 22.7. The van der Waals surface area contributed by atoms with E-state index in [0.29, 0.717) is 51.2 Å². The number of aromatic nitrogens is 8. The van der Waals surface area contributed by atoms with E-state index in [2.05, 4.69) is 53.1 Å². The number of aromatic amines is 1. The van der Waals surface area contributed by atoms with Gasteiger partial charge in [-0.15, -0.1) is 5.10 Å². The third kappa shape index (κ3) is 6.70. The Morgan fingerprint density at radius 2 is 1.95 bits per heavy atom. The number of anilines is 1. The van der Waals surface area contributed by atoms with Crippen LogP contribution in [0.1, 0.15) is 23.1 Å². The maximum absolute atomic E-state index is 13.0. The van der Waals surface area contributed by atoms with Gasteiger partial charge in [0.25, 0.3) is 5.91 Å². The number of carbonyl (C=O) groups is 2. The average Bonchev–Trinajstić information content (AvgIpc) is 3.69. The second-order valence-corrected chi connectivity index (χ2v) is 9.48. The molecule has 5 rings (SSSR count). The molecule has 2 amide bonds. The Morgan fingerprint density at radius 1 is 1.15 bits per heavy atom. The first-order valence-corrected chi connectivity index (χ1v) is 12.7. The number of hydrogen-bond donors (Lipinski definition) is 4. The average molecular weight is 591 g/mol. The van der Waals surface area contributed by atoms with Crippen molar-refractivity contribution in [3.8, 4) is 28.8 Å². The van der Waals surface area contributed by atoms with Gasteiger partial charge in [-0.2, -0.15) is 9.78 Å². The van der Waals surface area contributed by atoms with E-state index >= 15 is 0 Å². The minimum absolute atomic E-state index is 0.246. The van der Waals surface area contributed by atoms with Crippen LogP contribution in [0.2, 0.25) is 10.2 Å². The molecular weight excluding hydrogens is 571 g/mol. The number of nitrogens with one attached hydrogen (secondary N) is 3. The first kappa shape index (κ1) is 27.4. The number of nitrogens with zero attached hydrogens (tertiary/aromatic N) is 7. The minimum Gasteiger partial charge on any atom is -0.465 e. The van der Waals surface area contributed by atoms with Gasteiger partial charge >= 0.3 is 6.09 Å². The van der Waals surface area contributed by atoms with Crippen LogP contribution < -0.4 is 10.6 Å². The smallest absolute Gasteiger partial charge is 0.409 e. The molecule has 3 heterocycles. The van der Waals surface area contributed by atoms with Gasteiger partial charge in [0.1, 0.15) is 23.0 Å². The van der Waals surface area contributed by atoms with Crippen LogP contribution in [0.15, 0.2) is 61.1 Å². The Morgan fingerprint density at radius 3 is 2.63 bits per heavy atom. The Balaban J connectivity index is 1.42. The molecule has 206 valence electrons. The highest BCUT2D eigenvalue weighted by atomic mass is 35.5. The molecule has 0 fully saturated rings. The highest BCUT2D eigenvalue weighted by Gasteiger charge is 2.22. The van der Waals surface area contributed by atoms with Gasteiger partial charge in [0.2, 0.25) is 0 Å². The number of carbonyl (C=O) groups excluding carboxylic acids is 1. The lowest BCUT2D eigenvalue weighted by molar-refractivity contribution is -0.116. The standard InChI is InChI=1S/C26H20Cl2N10O3/c1-37-11-10-19(34-37)13-20(25-32-23(24(28)33-25)15-2-6-18(7-3-15)30-26(40)41)31-22(39)9-4-16-12-17(27)5-8-21(16)38-14-29-35-36-38/h2-3,5-8,10-12,14,20,30H,13H2,1H3,(H,31,39)(H,32,33)(H,40,41)/t20-/m0/s1. The molecule has 41 heavy (non-hydrogen) atoms. The molecule has 2 aromatic carbocycles. The molecule has 0 radical (unpaired) electrons. The molecule has 5 aromatic rings. The first-order chi connectivity index (χ1) is 19.7. The van der Waals surface area contributed by atoms with Gasteiger partial charge in [0.15, 0.2) is 0 Å². The van der Waals surface area contributed by atoms with Crippen LogP contribution in [0.4, 0.5) is 10.5 Å². The van der Waals surface area contributed by atoms with Crippen molar-refractivity contribution >= 4 is 40.9 Å². The number of tetrazole rings is 1. The SMILES string of the molecule is Cn1ccc(C[C@H](NC(=O)C#Cc2cc(Cl)ccc2-n2cnnn2)c2nc(-c3ccc(NC(=O)O)cc3)c(Cl)[nH]2)n1. The predicted octanol–water partition coefficient (Wildman–Crippen LogP) is 3.63. The number of H-pyrrole nitrogens is 1. The van der Waals surface area contributed by atoms with Crippen LogP contribution in [0.3, 0.4) is 0 Å². The molecule has 0 spiro atoms. The molecule has 0 saturated heterocycles. The Bertz CT molecular complexity index is 1770. The lowest BCUT2D eigenvalue weighted by atomic mass is 10.1. The molecule has 4 N–H and O–H groups in total. The van der Waals surface area contributed by atoms with Crippen molar-refractivity contribution in [1.82, 2.24) is 45.3 Å². The number of hydrogen-bond acceptors (Lipinski definition) is 7. The van der Waals surface area contributed by atoms with Gasteiger partial charge < -0.3 is 15.4 Å². The fraction of sp³-hybridized carbons (Fsp3) is 0.115. The summed E-state index contributed by atoms with van der Waals surface area (Å²) in [4.78, 5) is 31.6. The maximum atomic E-state index is 13.0. The highest BCUT2D eigenvalue weighted by Crippen LogP contribution is 2.29. The molecule has 0 saturated carbocycles. The van der Waals surface area contributed by atoms with E-state index in [0.717, 1.165) is 0 Å². The van der Waals surface area contributed by atoms with E-state index in [9.17, 15) is 9.59 Å². The summed E-state index contributed by atoms with van der Waals surface area (Å²) in [5.41, 5.74) is 3.18. The summed E-state index contributed by atoms with van der Waals surface area (Å²) in [7, 11) is 1.79. The number of benzene rings is 2. The highest BCUT2D eigenvalue weighted by molar-refractivity contribution is 6.32. The van der Waals surface area contributed by atoms with Crippen molar-refractivity contribution in [2.75, 3.05) is 5.32 Å². The Hall–Kier alpha value is -5.19. The van der Waals surface area contributed by atoms with Crippen molar-refractivity contribution < 1.29 is 14.7 Å². The summed E-state index contributed by atoms with van der Waals surface area (Å²) in [5, 5.41) is 30.3. The second kappa shape index (κ2) is 11.9. The zero-order chi connectivity index (χ0) is 28.9. The van der Waals surface area contributed by atoms with Gasteiger partial charge in [-0.05, 0) is 46.8 Å². The van der Waals surface area contributed by atoms with Gasteiger partial charge in [-0.1, -0.05) is 41.3 Å². The monoisotopic (exact) mass is 590 g/mol. The Labute approximate surface area is 242 Å². The fourth-order valence-electron chi connectivity index (χ4n) is 3.96. The normalized spacial score (nSPS) is 11.4. The number of halogens is 2. The van der Waals surface area contributed by atoms with Crippen LogP contribution in [0.25, 0.3) is 16.9 Å². The van der Waals surface area contributed by atoms with Crippen molar-refractivity contribution in [2.45, 2.75) is 12.5 Å². The third-order valence-electron chi connectivity index (χ3n) is 5.77. The van der Waals surface area contributed by atoms with Crippen LogP contribution in [0, 0.1) is 11.8 Å². The Kier molecular flexibility index (Phi) is 7.95. The van der Waals surface area contributed by atoms with E-state index in [1.54, 1.807) is 60.4 Å². The van der Waals surface area contributed by atoms with Gasteiger partial charge in [-0.3, -0.25) is 14.8 Å². The number of carboxylic acid groups (broad SMARTS) is 1.